The van der Waals surface area contributed by atoms with Crippen molar-refractivity contribution in [3.05, 3.63) is 66.0 Å². The molecule has 0 aliphatic carbocycles. The van der Waals surface area contributed by atoms with Gasteiger partial charge < -0.3 is 15.8 Å². The zero-order valence-corrected chi connectivity index (χ0v) is 12.7. The molecule has 0 saturated heterocycles. The van der Waals surface area contributed by atoms with E-state index < -0.39 is 0 Å². The molecule has 0 aliphatic rings. The highest BCUT2D eigenvalue weighted by molar-refractivity contribution is 5.53. The van der Waals surface area contributed by atoms with Gasteiger partial charge in [0, 0.05) is 5.69 Å². The monoisotopic (exact) mass is 318 g/mol. The van der Waals surface area contributed by atoms with Crippen LogP contribution in [0.25, 0.3) is 0 Å². The minimum Gasteiger partial charge on any atom is -0.486 e. The number of para-hydroxylation sites is 1. The summed E-state index contributed by atoms with van der Waals surface area (Å²) in [4.78, 5) is 12.4. The number of anilines is 3. The molecule has 0 aliphatic heterocycles. The first kappa shape index (κ1) is 15.2. The molecular formula is C17H14N6O. The number of nitrogens with two attached hydrogens (primary N) is 1. The molecule has 3 rings (SSSR count). The van der Waals surface area contributed by atoms with E-state index in [4.69, 9.17) is 15.7 Å². The fraction of sp³-hybridized carbons (Fsp3) is 0.0588. The molecule has 1 heterocycles. The van der Waals surface area contributed by atoms with Crippen LogP contribution in [0.2, 0.25) is 0 Å². The Labute approximate surface area is 138 Å². The van der Waals surface area contributed by atoms with Crippen LogP contribution in [-0.2, 0) is 6.61 Å². The topological polar surface area (TPSA) is 110 Å². The molecule has 3 aromatic rings. The van der Waals surface area contributed by atoms with Gasteiger partial charge >= 0.3 is 0 Å². The number of nitrogens with one attached hydrogen (secondary N) is 1. The van der Waals surface area contributed by atoms with E-state index in [0.29, 0.717) is 23.1 Å². The molecular weight excluding hydrogens is 304 g/mol. The Kier molecular flexibility index (Phi) is 4.49. The minimum atomic E-state index is 0.113. The van der Waals surface area contributed by atoms with Gasteiger partial charge in [0.25, 0.3) is 0 Å². The van der Waals surface area contributed by atoms with Crippen molar-refractivity contribution in [1.82, 2.24) is 15.0 Å². The highest BCUT2D eigenvalue weighted by Gasteiger charge is 2.06. The van der Waals surface area contributed by atoms with Crippen LogP contribution in [0.4, 0.5) is 17.6 Å². The molecule has 7 heteroatoms. The van der Waals surface area contributed by atoms with Crippen molar-refractivity contribution in [2.75, 3.05) is 11.1 Å². The molecule has 0 unspecified atom stereocenters. The fourth-order valence-electron chi connectivity index (χ4n) is 1.98. The smallest absolute Gasteiger partial charge is 0.232 e. The lowest BCUT2D eigenvalue weighted by Crippen LogP contribution is -2.09. The van der Waals surface area contributed by atoms with E-state index >= 15 is 0 Å². The van der Waals surface area contributed by atoms with E-state index in [1.165, 1.54) is 0 Å². The molecule has 1 aromatic heterocycles. The summed E-state index contributed by atoms with van der Waals surface area (Å²) >= 11 is 0. The zero-order valence-electron chi connectivity index (χ0n) is 12.7. The number of rotatable bonds is 5. The highest BCUT2D eigenvalue weighted by Crippen LogP contribution is 2.15. The van der Waals surface area contributed by atoms with Crippen LogP contribution in [0, 0.1) is 11.3 Å². The predicted molar refractivity (Wildman–Crippen MR) is 89.5 cm³/mol. The van der Waals surface area contributed by atoms with Crippen LogP contribution in [0.3, 0.4) is 0 Å². The number of nitriles is 1. The molecule has 118 valence electrons. The Hall–Kier alpha value is -3.66. The molecule has 7 nitrogen and oxygen atoms in total. The van der Waals surface area contributed by atoms with E-state index in [-0.39, 0.29) is 12.6 Å². The third kappa shape index (κ3) is 3.96. The Bertz CT molecular complexity index is 858. The second-order valence-electron chi connectivity index (χ2n) is 4.85. The van der Waals surface area contributed by atoms with Crippen LogP contribution in [-0.4, -0.2) is 15.0 Å². The summed E-state index contributed by atoms with van der Waals surface area (Å²) in [5.74, 6) is 1.49. The van der Waals surface area contributed by atoms with Crippen molar-refractivity contribution >= 4 is 17.6 Å². The summed E-state index contributed by atoms with van der Waals surface area (Å²) < 4.78 is 5.61. The van der Waals surface area contributed by atoms with E-state index in [0.717, 1.165) is 5.69 Å². The maximum Gasteiger partial charge on any atom is 0.232 e. The second-order valence-corrected chi connectivity index (χ2v) is 4.85. The molecule has 0 amide bonds. The lowest BCUT2D eigenvalue weighted by molar-refractivity contribution is 0.296. The summed E-state index contributed by atoms with van der Waals surface area (Å²) in [6, 6.07) is 18.4. The van der Waals surface area contributed by atoms with Crippen molar-refractivity contribution in [3.8, 4) is 11.8 Å². The van der Waals surface area contributed by atoms with E-state index in [9.17, 15) is 0 Å². The van der Waals surface area contributed by atoms with Gasteiger partial charge in [-0.05, 0) is 36.4 Å². The highest BCUT2D eigenvalue weighted by atomic mass is 16.5. The van der Waals surface area contributed by atoms with Gasteiger partial charge in [-0.1, -0.05) is 18.2 Å². The molecule has 0 atom stereocenters. The van der Waals surface area contributed by atoms with E-state index in [1.807, 2.05) is 30.3 Å². The summed E-state index contributed by atoms with van der Waals surface area (Å²) in [5.41, 5.74) is 7.15. The molecule has 0 bridgehead atoms. The van der Waals surface area contributed by atoms with Gasteiger partial charge in [0.05, 0.1) is 11.6 Å². The van der Waals surface area contributed by atoms with Gasteiger partial charge in [-0.3, -0.25) is 0 Å². The number of hydrogen-bond donors (Lipinski definition) is 2. The van der Waals surface area contributed by atoms with Gasteiger partial charge in [0.15, 0.2) is 5.82 Å². The molecule has 0 spiro atoms. The SMILES string of the molecule is N#Cc1ccc(OCc2nc(N)nc(Nc3ccccc3)n2)cc1. The summed E-state index contributed by atoms with van der Waals surface area (Å²) in [6.07, 6.45) is 0. The number of nitrogen functional groups attached to an aromatic ring is 1. The van der Waals surface area contributed by atoms with Crippen molar-refractivity contribution in [2.45, 2.75) is 6.61 Å². The van der Waals surface area contributed by atoms with Crippen LogP contribution in [0.15, 0.2) is 54.6 Å². The normalized spacial score (nSPS) is 9.96. The first-order valence-corrected chi connectivity index (χ1v) is 7.18. The molecule has 0 radical (unpaired) electrons. The van der Waals surface area contributed by atoms with Crippen LogP contribution in [0.5, 0.6) is 5.75 Å². The summed E-state index contributed by atoms with van der Waals surface area (Å²) in [6.45, 7) is 0.141. The first-order chi connectivity index (χ1) is 11.7. The molecule has 24 heavy (non-hydrogen) atoms. The summed E-state index contributed by atoms with van der Waals surface area (Å²) in [7, 11) is 0. The van der Waals surface area contributed by atoms with Crippen LogP contribution < -0.4 is 15.8 Å². The molecule has 3 N–H and O–H groups in total. The van der Waals surface area contributed by atoms with Gasteiger partial charge in [-0.15, -0.1) is 0 Å². The largest absolute Gasteiger partial charge is 0.486 e. The number of aromatic nitrogens is 3. The van der Waals surface area contributed by atoms with Crippen molar-refractivity contribution in [3.63, 3.8) is 0 Å². The van der Waals surface area contributed by atoms with E-state index in [1.54, 1.807) is 24.3 Å². The zero-order chi connectivity index (χ0) is 16.8. The second kappa shape index (κ2) is 7.07. The predicted octanol–water partition coefficient (Wildman–Crippen LogP) is 2.65. The van der Waals surface area contributed by atoms with Crippen molar-refractivity contribution in [1.29, 1.82) is 5.26 Å². The molecule has 0 fully saturated rings. The van der Waals surface area contributed by atoms with Crippen molar-refractivity contribution < 1.29 is 4.74 Å². The Morgan fingerprint density at radius 1 is 1.00 bits per heavy atom. The number of nitrogens with zero attached hydrogens (tertiary/aromatic N) is 4. The van der Waals surface area contributed by atoms with Gasteiger partial charge in [-0.25, -0.2) is 0 Å². The Morgan fingerprint density at radius 2 is 1.75 bits per heavy atom. The number of ether oxygens (including phenoxy) is 1. The third-order valence-corrected chi connectivity index (χ3v) is 3.08. The maximum absolute atomic E-state index is 8.78. The Balaban J connectivity index is 1.70. The lowest BCUT2D eigenvalue weighted by Gasteiger charge is -2.08. The number of hydrogen-bond acceptors (Lipinski definition) is 7. The average molecular weight is 318 g/mol. The standard InChI is InChI=1S/C17H14N6O/c18-10-12-6-8-14(9-7-12)24-11-15-21-16(19)23-17(22-15)20-13-4-2-1-3-5-13/h1-9H,11H2,(H3,19,20,21,22,23). The van der Waals surface area contributed by atoms with Crippen molar-refractivity contribution in [2.24, 2.45) is 0 Å². The van der Waals surface area contributed by atoms with Gasteiger partial charge in [-0.2, -0.15) is 20.2 Å². The Morgan fingerprint density at radius 3 is 2.46 bits per heavy atom. The fourth-order valence-corrected chi connectivity index (χ4v) is 1.98. The van der Waals surface area contributed by atoms with Gasteiger partial charge in [0.1, 0.15) is 12.4 Å². The molecule has 2 aromatic carbocycles. The van der Waals surface area contributed by atoms with Gasteiger partial charge in [0.2, 0.25) is 11.9 Å². The van der Waals surface area contributed by atoms with Crippen LogP contribution >= 0.6 is 0 Å². The first-order valence-electron chi connectivity index (χ1n) is 7.18. The number of benzene rings is 2. The maximum atomic E-state index is 8.78. The minimum absolute atomic E-state index is 0.113. The third-order valence-electron chi connectivity index (χ3n) is 3.08. The lowest BCUT2D eigenvalue weighted by atomic mass is 10.2. The van der Waals surface area contributed by atoms with E-state index in [2.05, 4.69) is 26.3 Å². The average Bonchev–Trinajstić information content (AvgIpc) is 2.61. The summed E-state index contributed by atoms with van der Waals surface area (Å²) in [5, 5.41) is 11.8. The molecule has 0 saturated carbocycles. The quantitative estimate of drug-likeness (QED) is 0.744. The van der Waals surface area contributed by atoms with Crippen LogP contribution in [0.1, 0.15) is 11.4 Å².